The summed E-state index contributed by atoms with van der Waals surface area (Å²) in [5.74, 6) is -1.33. The van der Waals surface area contributed by atoms with E-state index in [1.54, 1.807) is 18.2 Å². The number of halogens is 2. The summed E-state index contributed by atoms with van der Waals surface area (Å²) < 4.78 is 18.7. The molecule has 0 atom stereocenters. The Morgan fingerprint density at radius 3 is 2.83 bits per heavy atom. The Kier molecular flexibility index (Phi) is 5.75. The lowest BCUT2D eigenvalue weighted by Crippen LogP contribution is -2.26. The number of fused-ring (bicyclic) bond motifs is 2. The molecule has 3 amide bonds. The number of carbonyl (C=O) groups excluding carboxylic acids is 3. The fraction of sp³-hybridized carbons (Fsp3) is 0.0870. The van der Waals surface area contributed by atoms with E-state index in [-0.39, 0.29) is 35.3 Å². The number of H-pyrrole nitrogens is 1. The highest BCUT2D eigenvalue weighted by Gasteiger charge is 2.19. The maximum atomic E-state index is 13.4. The molecule has 1 aliphatic heterocycles. The van der Waals surface area contributed by atoms with Crippen LogP contribution in [0, 0.1) is 5.82 Å². The molecule has 12 heteroatoms. The monoisotopic (exact) mass is 494 g/mol. The van der Waals surface area contributed by atoms with E-state index < -0.39 is 17.6 Å². The van der Waals surface area contributed by atoms with Crippen molar-refractivity contribution in [3.05, 3.63) is 76.6 Å². The molecule has 2 aromatic heterocycles. The zero-order valence-electron chi connectivity index (χ0n) is 17.8. The van der Waals surface area contributed by atoms with E-state index in [0.29, 0.717) is 28.2 Å². The van der Waals surface area contributed by atoms with Gasteiger partial charge in [-0.25, -0.2) is 14.4 Å². The molecular weight excluding hydrogens is 479 g/mol. The van der Waals surface area contributed by atoms with Gasteiger partial charge in [0.25, 0.3) is 17.7 Å². The molecule has 5 rings (SSSR count). The first-order chi connectivity index (χ1) is 16.9. The number of amides is 3. The first-order valence-corrected chi connectivity index (χ1v) is 10.7. The van der Waals surface area contributed by atoms with Crippen LogP contribution in [0.15, 0.2) is 48.9 Å². The second kappa shape index (κ2) is 9.03. The summed E-state index contributed by atoms with van der Waals surface area (Å²) in [4.78, 5) is 48.1. The summed E-state index contributed by atoms with van der Waals surface area (Å²) in [6.07, 6.45) is 2.69. The van der Waals surface area contributed by atoms with Gasteiger partial charge >= 0.3 is 0 Å². The maximum absolute atomic E-state index is 13.4. The SMILES string of the molecule is O=C1COc2ccc(CNC(=O)c3ncnc4c(NC(=O)c5ccc(F)c(Cl)c5)c[nH]c34)cc2N1. The van der Waals surface area contributed by atoms with Gasteiger partial charge in [-0.3, -0.25) is 14.4 Å². The number of hydrogen-bond acceptors (Lipinski definition) is 6. The summed E-state index contributed by atoms with van der Waals surface area (Å²) >= 11 is 5.75. The maximum Gasteiger partial charge on any atom is 0.272 e. The van der Waals surface area contributed by atoms with E-state index in [2.05, 4.69) is 30.9 Å². The lowest BCUT2D eigenvalue weighted by atomic mass is 10.1. The summed E-state index contributed by atoms with van der Waals surface area (Å²) in [6, 6.07) is 8.82. The highest BCUT2D eigenvalue weighted by Crippen LogP contribution is 2.28. The molecule has 0 fully saturated rings. The molecule has 4 N–H and O–H groups in total. The molecule has 10 nitrogen and oxygen atoms in total. The number of aromatic amines is 1. The van der Waals surface area contributed by atoms with Crippen LogP contribution in [0.25, 0.3) is 11.0 Å². The molecule has 176 valence electrons. The fourth-order valence-electron chi connectivity index (χ4n) is 3.54. The second-order valence-electron chi connectivity index (χ2n) is 7.58. The zero-order chi connectivity index (χ0) is 24.5. The van der Waals surface area contributed by atoms with Gasteiger partial charge in [-0.05, 0) is 35.9 Å². The van der Waals surface area contributed by atoms with Gasteiger partial charge in [0.05, 0.1) is 21.9 Å². The second-order valence-corrected chi connectivity index (χ2v) is 7.99. The van der Waals surface area contributed by atoms with Crippen LogP contribution in [0.2, 0.25) is 5.02 Å². The van der Waals surface area contributed by atoms with Crippen molar-refractivity contribution in [1.82, 2.24) is 20.3 Å². The number of nitrogens with zero attached hydrogens (tertiary/aromatic N) is 2. The Balaban J connectivity index is 1.32. The minimum atomic E-state index is -0.632. The standard InChI is InChI=1S/C23H16ClFN6O4/c24-13-6-12(2-3-14(13)25)22(33)31-16-8-26-20-19(16)28-10-29-21(20)23(34)27-7-11-1-4-17-15(5-11)30-18(32)9-35-17/h1-6,8,10,26H,7,9H2,(H,27,34)(H,30,32)(H,31,33). The Bertz CT molecular complexity index is 1500. The van der Waals surface area contributed by atoms with Crippen LogP contribution in [0.1, 0.15) is 26.4 Å². The van der Waals surface area contributed by atoms with Gasteiger partial charge in [0.2, 0.25) is 0 Å². The van der Waals surface area contributed by atoms with Crippen molar-refractivity contribution in [2.45, 2.75) is 6.54 Å². The lowest BCUT2D eigenvalue weighted by molar-refractivity contribution is -0.118. The fourth-order valence-corrected chi connectivity index (χ4v) is 3.73. The van der Waals surface area contributed by atoms with Crippen LogP contribution in [0.5, 0.6) is 5.75 Å². The average Bonchev–Trinajstić information content (AvgIpc) is 3.26. The molecule has 0 unspecified atom stereocenters. The molecule has 1 aliphatic rings. The Morgan fingerprint density at radius 1 is 1.14 bits per heavy atom. The van der Waals surface area contributed by atoms with Crippen LogP contribution in [-0.4, -0.2) is 39.3 Å². The van der Waals surface area contributed by atoms with Gasteiger partial charge in [-0.2, -0.15) is 0 Å². The van der Waals surface area contributed by atoms with Crippen molar-refractivity contribution < 1.29 is 23.5 Å². The van der Waals surface area contributed by atoms with Gasteiger partial charge < -0.3 is 25.7 Å². The number of ether oxygens (including phenoxy) is 1. The number of carbonyl (C=O) groups is 3. The van der Waals surface area contributed by atoms with Crippen LogP contribution in [0.3, 0.4) is 0 Å². The quantitative estimate of drug-likeness (QED) is 0.336. The van der Waals surface area contributed by atoms with Gasteiger partial charge in [0.15, 0.2) is 12.3 Å². The van der Waals surface area contributed by atoms with Gasteiger partial charge in [0.1, 0.15) is 23.4 Å². The van der Waals surface area contributed by atoms with Gasteiger partial charge in [-0.1, -0.05) is 17.7 Å². The largest absolute Gasteiger partial charge is 0.482 e. The predicted molar refractivity (Wildman–Crippen MR) is 125 cm³/mol. The zero-order valence-corrected chi connectivity index (χ0v) is 18.6. The third kappa shape index (κ3) is 4.49. The topological polar surface area (TPSA) is 138 Å². The minimum Gasteiger partial charge on any atom is -0.482 e. The number of hydrogen-bond donors (Lipinski definition) is 4. The van der Waals surface area contributed by atoms with Crippen molar-refractivity contribution in [2.75, 3.05) is 17.2 Å². The Hall–Kier alpha value is -4.51. The normalized spacial score (nSPS) is 12.5. The van der Waals surface area contributed by atoms with E-state index in [9.17, 15) is 18.8 Å². The van der Waals surface area contributed by atoms with E-state index in [0.717, 1.165) is 11.6 Å². The minimum absolute atomic E-state index is 0.0387. The number of aromatic nitrogens is 3. The first-order valence-electron chi connectivity index (χ1n) is 10.3. The highest BCUT2D eigenvalue weighted by molar-refractivity contribution is 6.31. The van der Waals surface area contributed by atoms with E-state index in [1.807, 2.05) is 0 Å². The van der Waals surface area contributed by atoms with Crippen molar-refractivity contribution in [2.24, 2.45) is 0 Å². The molecule has 0 radical (unpaired) electrons. The summed E-state index contributed by atoms with van der Waals surface area (Å²) in [6.45, 7) is 0.131. The van der Waals surface area contributed by atoms with Crippen molar-refractivity contribution in [1.29, 1.82) is 0 Å². The first kappa shape index (κ1) is 22.3. The molecule has 0 bridgehead atoms. The lowest BCUT2D eigenvalue weighted by Gasteiger charge is -2.18. The molecule has 0 saturated carbocycles. The van der Waals surface area contributed by atoms with E-state index in [4.69, 9.17) is 16.3 Å². The molecule has 0 saturated heterocycles. The molecule has 3 heterocycles. The highest BCUT2D eigenvalue weighted by atomic mass is 35.5. The molecule has 4 aromatic rings. The van der Waals surface area contributed by atoms with Crippen LogP contribution in [0.4, 0.5) is 15.8 Å². The summed E-state index contributed by atoms with van der Waals surface area (Å²) in [5.41, 5.74) is 2.46. The molecular formula is C23H16ClFN6O4. The third-order valence-corrected chi connectivity index (χ3v) is 5.53. The van der Waals surface area contributed by atoms with Crippen molar-refractivity contribution in [3.63, 3.8) is 0 Å². The Labute approximate surface area is 201 Å². The van der Waals surface area contributed by atoms with Crippen molar-refractivity contribution in [3.8, 4) is 5.75 Å². The van der Waals surface area contributed by atoms with Crippen LogP contribution < -0.4 is 20.7 Å². The van der Waals surface area contributed by atoms with Gasteiger partial charge in [0, 0.05) is 18.3 Å². The average molecular weight is 495 g/mol. The molecule has 0 spiro atoms. The summed E-state index contributed by atoms with van der Waals surface area (Å²) in [7, 11) is 0. The molecule has 2 aromatic carbocycles. The predicted octanol–water partition coefficient (Wildman–Crippen LogP) is 3.26. The van der Waals surface area contributed by atoms with Crippen molar-refractivity contribution >= 4 is 51.7 Å². The van der Waals surface area contributed by atoms with Gasteiger partial charge in [-0.15, -0.1) is 0 Å². The summed E-state index contributed by atoms with van der Waals surface area (Å²) in [5, 5.41) is 7.98. The number of benzene rings is 2. The molecule has 35 heavy (non-hydrogen) atoms. The van der Waals surface area contributed by atoms with Crippen LogP contribution in [-0.2, 0) is 11.3 Å². The smallest absolute Gasteiger partial charge is 0.272 e. The Morgan fingerprint density at radius 2 is 2.00 bits per heavy atom. The van der Waals surface area contributed by atoms with Crippen LogP contribution >= 0.6 is 11.6 Å². The molecule has 0 aliphatic carbocycles. The third-order valence-electron chi connectivity index (χ3n) is 5.24. The number of nitrogens with one attached hydrogen (secondary N) is 4. The van der Waals surface area contributed by atoms with E-state index >= 15 is 0 Å². The number of anilines is 2. The van der Waals surface area contributed by atoms with E-state index in [1.165, 1.54) is 24.7 Å². The number of rotatable bonds is 5.